The Morgan fingerprint density at radius 2 is 2.06 bits per heavy atom. The molecule has 1 unspecified atom stereocenters. The van der Waals surface area contributed by atoms with E-state index in [1.165, 1.54) is 16.7 Å². The average Bonchev–Trinajstić information content (AvgIpc) is 2.81. The molecular formula is C15H23NO2. The third-order valence-electron chi connectivity index (χ3n) is 3.34. The molecule has 0 radical (unpaired) electrons. The Morgan fingerprint density at radius 3 is 2.61 bits per heavy atom. The zero-order chi connectivity index (χ0) is 13.0. The van der Waals surface area contributed by atoms with E-state index in [1.54, 1.807) is 0 Å². The van der Waals surface area contributed by atoms with Gasteiger partial charge < -0.3 is 14.8 Å². The number of rotatable bonds is 5. The molecule has 1 saturated heterocycles. The molecular weight excluding hydrogens is 226 g/mol. The lowest BCUT2D eigenvalue weighted by molar-refractivity contribution is 0.0675. The minimum absolute atomic E-state index is 0.279. The highest BCUT2D eigenvalue weighted by molar-refractivity contribution is 5.43. The van der Waals surface area contributed by atoms with Crippen molar-refractivity contribution in [2.45, 2.75) is 39.3 Å². The van der Waals surface area contributed by atoms with Crippen molar-refractivity contribution in [3.05, 3.63) is 28.8 Å². The summed E-state index contributed by atoms with van der Waals surface area (Å²) in [7, 11) is 1.96. The predicted octanol–water partition coefficient (Wildman–Crippen LogP) is 2.58. The van der Waals surface area contributed by atoms with Gasteiger partial charge in [-0.15, -0.1) is 0 Å². The first kappa shape index (κ1) is 13.4. The van der Waals surface area contributed by atoms with E-state index in [0.29, 0.717) is 6.61 Å². The van der Waals surface area contributed by atoms with Gasteiger partial charge in [0.25, 0.3) is 0 Å². The maximum absolute atomic E-state index is 5.94. The van der Waals surface area contributed by atoms with Crippen LogP contribution in [0.2, 0.25) is 0 Å². The van der Waals surface area contributed by atoms with Crippen LogP contribution in [0.4, 0.5) is 0 Å². The first-order valence-corrected chi connectivity index (χ1v) is 6.70. The molecule has 1 aliphatic rings. The van der Waals surface area contributed by atoms with Crippen LogP contribution in [-0.2, 0) is 11.3 Å². The van der Waals surface area contributed by atoms with E-state index in [9.17, 15) is 0 Å². The second-order valence-corrected chi connectivity index (χ2v) is 5.04. The van der Waals surface area contributed by atoms with Gasteiger partial charge in [0.1, 0.15) is 12.4 Å². The van der Waals surface area contributed by atoms with Crippen LogP contribution in [-0.4, -0.2) is 26.4 Å². The van der Waals surface area contributed by atoms with E-state index in [0.717, 1.165) is 31.7 Å². The largest absolute Gasteiger partial charge is 0.490 e. The summed E-state index contributed by atoms with van der Waals surface area (Å²) in [5.74, 6) is 1.02. The molecule has 1 fully saturated rings. The molecule has 1 aromatic carbocycles. The van der Waals surface area contributed by atoms with Gasteiger partial charge in [0, 0.05) is 13.2 Å². The summed E-state index contributed by atoms with van der Waals surface area (Å²) in [6.07, 6.45) is 2.56. The van der Waals surface area contributed by atoms with Gasteiger partial charge in [0.2, 0.25) is 0 Å². The SMILES string of the molecule is CNCc1cc(C)c(OCC2CCCO2)c(C)c1. The predicted molar refractivity (Wildman–Crippen MR) is 73.1 cm³/mol. The van der Waals surface area contributed by atoms with Crippen molar-refractivity contribution >= 4 is 0 Å². The van der Waals surface area contributed by atoms with E-state index in [-0.39, 0.29) is 6.10 Å². The Bertz CT molecular complexity index is 374. The number of nitrogens with one attached hydrogen (secondary N) is 1. The number of hydrogen-bond acceptors (Lipinski definition) is 3. The Kier molecular flexibility index (Phi) is 4.61. The van der Waals surface area contributed by atoms with Crippen molar-refractivity contribution < 1.29 is 9.47 Å². The minimum Gasteiger partial charge on any atom is -0.490 e. The van der Waals surface area contributed by atoms with Crippen molar-refractivity contribution in [2.75, 3.05) is 20.3 Å². The lowest BCUT2D eigenvalue weighted by Gasteiger charge is -2.16. The second-order valence-electron chi connectivity index (χ2n) is 5.04. The fourth-order valence-electron chi connectivity index (χ4n) is 2.53. The zero-order valence-electron chi connectivity index (χ0n) is 11.6. The normalized spacial score (nSPS) is 19.2. The van der Waals surface area contributed by atoms with Gasteiger partial charge in [-0.1, -0.05) is 12.1 Å². The average molecular weight is 249 g/mol. The molecule has 100 valence electrons. The highest BCUT2D eigenvalue weighted by Gasteiger charge is 2.17. The summed E-state index contributed by atoms with van der Waals surface area (Å²) >= 11 is 0. The van der Waals surface area contributed by atoms with Crippen molar-refractivity contribution in [2.24, 2.45) is 0 Å². The maximum Gasteiger partial charge on any atom is 0.125 e. The van der Waals surface area contributed by atoms with Gasteiger partial charge in [-0.25, -0.2) is 0 Å². The van der Waals surface area contributed by atoms with E-state index < -0.39 is 0 Å². The molecule has 18 heavy (non-hydrogen) atoms. The summed E-state index contributed by atoms with van der Waals surface area (Å²) in [5.41, 5.74) is 3.72. The highest BCUT2D eigenvalue weighted by atomic mass is 16.5. The Labute approximate surface area is 109 Å². The maximum atomic E-state index is 5.94. The Balaban J connectivity index is 2.02. The van der Waals surface area contributed by atoms with Crippen LogP contribution in [0.5, 0.6) is 5.75 Å². The lowest BCUT2D eigenvalue weighted by atomic mass is 10.1. The van der Waals surface area contributed by atoms with Crippen LogP contribution in [0.15, 0.2) is 12.1 Å². The van der Waals surface area contributed by atoms with E-state index in [2.05, 4.69) is 31.3 Å². The second kappa shape index (κ2) is 6.21. The number of aryl methyl sites for hydroxylation is 2. The monoisotopic (exact) mass is 249 g/mol. The quantitative estimate of drug-likeness (QED) is 0.870. The third kappa shape index (κ3) is 3.24. The number of hydrogen-bond donors (Lipinski definition) is 1. The topological polar surface area (TPSA) is 30.5 Å². The van der Waals surface area contributed by atoms with Crippen LogP contribution >= 0.6 is 0 Å². The lowest BCUT2D eigenvalue weighted by Crippen LogP contribution is -2.17. The molecule has 0 aromatic heterocycles. The van der Waals surface area contributed by atoms with E-state index >= 15 is 0 Å². The van der Waals surface area contributed by atoms with E-state index in [4.69, 9.17) is 9.47 Å². The van der Waals surface area contributed by atoms with Gasteiger partial charge >= 0.3 is 0 Å². The number of ether oxygens (including phenoxy) is 2. The van der Waals surface area contributed by atoms with Crippen molar-refractivity contribution in [3.8, 4) is 5.75 Å². The molecule has 1 N–H and O–H groups in total. The first-order chi connectivity index (χ1) is 8.70. The molecule has 3 heteroatoms. The van der Waals surface area contributed by atoms with Crippen LogP contribution in [0.3, 0.4) is 0 Å². The Morgan fingerprint density at radius 1 is 1.33 bits per heavy atom. The fourth-order valence-corrected chi connectivity index (χ4v) is 2.53. The van der Waals surface area contributed by atoms with Gasteiger partial charge in [-0.05, 0) is 50.4 Å². The third-order valence-corrected chi connectivity index (χ3v) is 3.34. The van der Waals surface area contributed by atoms with Gasteiger partial charge in [0.05, 0.1) is 6.10 Å². The summed E-state index contributed by atoms with van der Waals surface area (Å²) in [6, 6.07) is 4.38. The van der Waals surface area contributed by atoms with Gasteiger partial charge in [0.15, 0.2) is 0 Å². The molecule has 1 heterocycles. The molecule has 1 aliphatic heterocycles. The summed E-state index contributed by atoms with van der Waals surface area (Å²) in [6.45, 7) is 6.67. The van der Waals surface area contributed by atoms with Crippen LogP contribution in [0.25, 0.3) is 0 Å². The standard InChI is InChI=1S/C15H23NO2/c1-11-7-13(9-16-3)8-12(2)15(11)18-10-14-5-4-6-17-14/h7-8,14,16H,4-6,9-10H2,1-3H3. The Hall–Kier alpha value is -1.06. The minimum atomic E-state index is 0.279. The summed E-state index contributed by atoms with van der Waals surface area (Å²) < 4.78 is 11.5. The van der Waals surface area contributed by atoms with Crippen molar-refractivity contribution in [1.29, 1.82) is 0 Å². The van der Waals surface area contributed by atoms with Crippen molar-refractivity contribution in [1.82, 2.24) is 5.32 Å². The highest BCUT2D eigenvalue weighted by Crippen LogP contribution is 2.26. The molecule has 0 aliphatic carbocycles. The molecule has 3 nitrogen and oxygen atoms in total. The van der Waals surface area contributed by atoms with Gasteiger partial charge in [-0.2, -0.15) is 0 Å². The molecule has 0 spiro atoms. The zero-order valence-corrected chi connectivity index (χ0v) is 11.6. The molecule has 0 saturated carbocycles. The summed E-state index contributed by atoms with van der Waals surface area (Å²) in [4.78, 5) is 0. The summed E-state index contributed by atoms with van der Waals surface area (Å²) in [5, 5.41) is 3.17. The molecule has 0 bridgehead atoms. The molecule has 0 amide bonds. The van der Waals surface area contributed by atoms with E-state index in [1.807, 2.05) is 7.05 Å². The molecule has 1 aromatic rings. The first-order valence-electron chi connectivity index (χ1n) is 6.70. The van der Waals surface area contributed by atoms with Gasteiger partial charge in [-0.3, -0.25) is 0 Å². The molecule has 1 atom stereocenters. The van der Waals surface area contributed by atoms with Crippen LogP contribution < -0.4 is 10.1 Å². The van der Waals surface area contributed by atoms with Crippen molar-refractivity contribution in [3.63, 3.8) is 0 Å². The molecule has 2 rings (SSSR count). The van der Waals surface area contributed by atoms with Crippen LogP contribution in [0, 0.1) is 13.8 Å². The smallest absolute Gasteiger partial charge is 0.125 e. The number of benzene rings is 1. The van der Waals surface area contributed by atoms with Crippen LogP contribution in [0.1, 0.15) is 29.5 Å². The fraction of sp³-hybridized carbons (Fsp3) is 0.600.